The fourth-order valence-electron chi connectivity index (χ4n) is 4.40. The normalized spacial score (nSPS) is 27.9. The molecular weight excluding hydrogens is 242 g/mol. The van der Waals surface area contributed by atoms with Crippen LogP contribution < -0.4 is 5.32 Å². The molecule has 0 spiro atoms. The molecule has 0 aliphatic heterocycles. The molecule has 1 N–H and O–H groups in total. The van der Waals surface area contributed by atoms with E-state index < -0.39 is 0 Å². The van der Waals surface area contributed by atoms with Crippen molar-refractivity contribution >= 4 is 0 Å². The lowest BCUT2D eigenvalue weighted by molar-refractivity contribution is 0.245. The van der Waals surface area contributed by atoms with Crippen LogP contribution in [0.1, 0.15) is 56.7 Å². The zero-order valence-corrected chi connectivity index (χ0v) is 12.9. The summed E-state index contributed by atoms with van der Waals surface area (Å²) < 4.78 is 0. The van der Waals surface area contributed by atoms with Crippen LogP contribution >= 0.6 is 0 Å². The van der Waals surface area contributed by atoms with Crippen LogP contribution in [0.25, 0.3) is 0 Å². The maximum Gasteiger partial charge on any atom is 0.0377 e. The van der Waals surface area contributed by atoms with Crippen molar-refractivity contribution < 1.29 is 0 Å². The van der Waals surface area contributed by atoms with Gasteiger partial charge in [0.25, 0.3) is 0 Å². The van der Waals surface area contributed by atoms with Gasteiger partial charge in [0.15, 0.2) is 0 Å². The van der Waals surface area contributed by atoms with E-state index >= 15 is 0 Å². The highest BCUT2D eigenvalue weighted by molar-refractivity contribution is 5.37. The molecule has 0 aromatic heterocycles. The Labute approximate surface area is 123 Å². The van der Waals surface area contributed by atoms with Crippen LogP contribution in [0, 0.1) is 23.2 Å². The molecule has 1 aromatic rings. The molecule has 4 rings (SSSR count). The molecule has 0 heterocycles. The summed E-state index contributed by atoms with van der Waals surface area (Å²) in [6, 6.07) is 9.60. The summed E-state index contributed by atoms with van der Waals surface area (Å²) in [6.45, 7) is 6.10. The molecule has 3 aliphatic rings. The molecule has 0 radical (unpaired) electrons. The topological polar surface area (TPSA) is 12.0 Å². The fourth-order valence-corrected chi connectivity index (χ4v) is 4.40. The second-order valence-corrected chi connectivity index (χ2v) is 8.04. The Morgan fingerprint density at radius 2 is 1.75 bits per heavy atom. The van der Waals surface area contributed by atoms with E-state index in [0.29, 0.717) is 11.5 Å². The number of benzene rings is 1. The Hall–Kier alpha value is -0.820. The van der Waals surface area contributed by atoms with Crippen LogP contribution in [-0.4, -0.2) is 6.54 Å². The summed E-state index contributed by atoms with van der Waals surface area (Å²) >= 11 is 0. The number of rotatable bonds is 5. The molecule has 1 atom stereocenters. The maximum atomic E-state index is 3.97. The number of hydrogen-bond acceptors (Lipinski definition) is 1. The zero-order valence-electron chi connectivity index (χ0n) is 12.9. The molecule has 0 bridgehead atoms. The van der Waals surface area contributed by atoms with Gasteiger partial charge in [0.2, 0.25) is 0 Å². The van der Waals surface area contributed by atoms with Gasteiger partial charge >= 0.3 is 0 Å². The highest BCUT2D eigenvalue weighted by atomic mass is 14.9. The first-order valence-corrected chi connectivity index (χ1v) is 8.46. The van der Waals surface area contributed by atoms with Crippen molar-refractivity contribution in [1.29, 1.82) is 0 Å². The molecule has 1 nitrogen and oxygen atoms in total. The van der Waals surface area contributed by atoms with E-state index in [4.69, 9.17) is 0 Å². The van der Waals surface area contributed by atoms with Crippen molar-refractivity contribution in [3.63, 3.8) is 0 Å². The van der Waals surface area contributed by atoms with Gasteiger partial charge < -0.3 is 5.32 Å². The molecule has 0 saturated heterocycles. The predicted molar refractivity (Wildman–Crippen MR) is 83.6 cm³/mol. The Morgan fingerprint density at radius 3 is 2.40 bits per heavy atom. The summed E-state index contributed by atoms with van der Waals surface area (Å²) in [5.74, 6) is 3.07. The van der Waals surface area contributed by atoms with Gasteiger partial charge in [0.05, 0.1) is 0 Å². The van der Waals surface area contributed by atoms with E-state index in [2.05, 4.69) is 43.4 Å². The lowest BCUT2D eigenvalue weighted by Gasteiger charge is -2.30. The lowest BCUT2D eigenvalue weighted by Crippen LogP contribution is -2.35. The SMILES string of the molecule is CC1(C)Cc2ccccc2C1NCC(C1CC1)C1CC1. The van der Waals surface area contributed by atoms with E-state index in [9.17, 15) is 0 Å². The van der Waals surface area contributed by atoms with E-state index in [1.807, 2.05) is 0 Å². The number of fused-ring (bicyclic) bond motifs is 1. The second-order valence-electron chi connectivity index (χ2n) is 8.04. The minimum Gasteiger partial charge on any atom is -0.309 e. The van der Waals surface area contributed by atoms with Gasteiger partial charge in [-0.05, 0) is 72.9 Å². The third kappa shape index (κ3) is 2.30. The van der Waals surface area contributed by atoms with Crippen molar-refractivity contribution in [2.45, 2.75) is 52.0 Å². The van der Waals surface area contributed by atoms with Crippen LogP contribution in [0.5, 0.6) is 0 Å². The molecule has 3 aliphatic carbocycles. The molecular formula is C19H27N. The first-order valence-electron chi connectivity index (χ1n) is 8.46. The molecule has 2 fully saturated rings. The molecule has 0 amide bonds. The zero-order chi connectivity index (χ0) is 13.7. The van der Waals surface area contributed by atoms with Gasteiger partial charge in [-0.3, -0.25) is 0 Å². The van der Waals surface area contributed by atoms with Crippen molar-refractivity contribution in [3.05, 3.63) is 35.4 Å². The summed E-state index contributed by atoms with van der Waals surface area (Å²) in [5, 5.41) is 3.97. The van der Waals surface area contributed by atoms with Gasteiger partial charge in [0, 0.05) is 6.04 Å². The first-order chi connectivity index (χ1) is 9.65. The van der Waals surface area contributed by atoms with Crippen LogP contribution in [0.3, 0.4) is 0 Å². The van der Waals surface area contributed by atoms with Gasteiger partial charge in [-0.2, -0.15) is 0 Å². The van der Waals surface area contributed by atoms with Crippen molar-refractivity contribution in [2.24, 2.45) is 23.2 Å². The van der Waals surface area contributed by atoms with Crippen LogP contribution in [0.15, 0.2) is 24.3 Å². The minimum atomic E-state index is 0.362. The average molecular weight is 269 g/mol. The Morgan fingerprint density at radius 1 is 1.10 bits per heavy atom. The molecule has 1 unspecified atom stereocenters. The van der Waals surface area contributed by atoms with Crippen LogP contribution in [0.4, 0.5) is 0 Å². The number of nitrogens with one attached hydrogen (secondary N) is 1. The molecule has 108 valence electrons. The van der Waals surface area contributed by atoms with Crippen molar-refractivity contribution in [3.8, 4) is 0 Å². The highest BCUT2D eigenvalue weighted by Crippen LogP contribution is 2.50. The quantitative estimate of drug-likeness (QED) is 0.838. The van der Waals surface area contributed by atoms with Crippen LogP contribution in [-0.2, 0) is 6.42 Å². The Bertz CT molecular complexity index is 484. The van der Waals surface area contributed by atoms with Crippen molar-refractivity contribution in [1.82, 2.24) is 5.32 Å². The summed E-state index contributed by atoms with van der Waals surface area (Å²) in [4.78, 5) is 0. The Balaban J connectivity index is 1.49. The number of hydrogen-bond donors (Lipinski definition) is 1. The Kier molecular flexibility index (Phi) is 2.96. The molecule has 2 saturated carbocycles. The van der Waals surface area contributed by atoms with E-state index in [1.165, 1.54) is 38.6 Å². The van der Waals surface area contributed by atoms with E-state index in [1.54, 1.807) is 11.1 Å². The predicted octanol–water partition coefficient (Wildman–Crippen LogP) is 4.34. The second kappa shape index (κ2) is 4.59. The summed E-state index contributed by atoms with van der Waals surface area (Å²) in [6.07, 6.45) is 7.19. The van der Waals surface area contributed by atoms with Crippen molar-refractivity contribution in [2.75, 3.05) is 6.54 Å². The van der Waals surface area contributed by atoms with Gasteiger partial charge in [-0.25, -0.2) is 0 Å². The third-order valence-electron chi connectivity index (χ3n) is 5.81. The smallest absolute Gasteiger partial charge is 0.0377 e. The maximum absolute atomic E-state index is 3.97. The van der Waals surface area contributed by atoms with Crippen LogP contribution in [0.2, 0.25) is 0 Å². The molecule has 1 heteroatoms. The standard InChI is InChI=1S/C19H27N/c1-19(2)11-15-5-3-4-6-16(15)18(19)20-12-17(13-7-8-13)14-9-10-14/h3-6,13-14,17-18,20H,7-12H2,1-2H3. The lowest BCUT2D eigenvalue weighted by atomic mass is 9.84. The fraction of sp³-hybridized carbons (Fsp3) is 0.684. The third-order valence-corrected chi connectivity index (χ3v) is 5.81. The van der Waals surface area contributed by atoms with Gasteiger partial charge in [0.1, 0.15) is 0 Å². The highest BCUT2D eigenvalue weighted by Gasteiger charge is 2.43. The monoisotopic (exact) mass is 269 g/mol. The summed E-state index contributed by atoms with van der Waals surface area (Å²) in [5.41, 5.74) is 3.48. The largest absolute Gasteiger partial charge is 0.309 e. The first kappa shape index (κ1) is 12.9. The minimum absolute atomic E-state index is 0.362. The average Bonchev–Trinajstić information content (AvgIpc) is 3.28. The van der Waals surface area contributed by atoms with Gasteiger partial charge in [-0.1, -0.05) is 38.1 Å². The molecule has 1 aromatic carbocycles. The van der Waals surface area contributed by atoms with E-state index in [-0.39, 0.29) is 0 Å². The van der Waals surface area contributed by atoms with Gasteiger partial charge in [-0.15, -0.1) is 0 Å². The van der Waals surface area contributed by atoms with E-state index in [0.717, 1.165) is 17.8 Å². The summed E-state index contributed by atoms with van der Waals surface area (Å²) in [7, 11) is 0. The molecule has 20 heavy (non-hydrogen) atoms.